The van der Waals surface area contributed by atoms with Crippen LogP contribution < -0.4 is 10.1 Å². The molecule has 0 saturated heterocycles. The van der Waals surface area contributed by atoms with Crippen molar-refractivity contribution in [3.05, 3.63) is 48.2 Å². The summed E-state index contributed by atoms with van der Waals surface area (Å²) in [4.78, 5) is 0. The van der Waals surface area contributed by atoms with E-state index in [0.29, 0.717) is 19.0 Å². The number of hydrogen-bond acceptors (Lipinski definition) is 4. The predicted octanol–water partition coefficient (Wildman–Crippen LogP) is 2.54. The van der Waals surface area contributed by atoms with Crippen LogP contribution in [0.3, 0.4) is 0 Å². The monoisotopic (exact) mass is 247 g/mol. The molecule has 0 fully saturated rings. The van der Waals surface area contributed by atoms with E-state index in [0.717, 1.165) is 11.5 Å². The van der Waals surface area contributed by atoms with Gasteiger partial charge in [-0.05, 0) is 25.1 Å². The lowest BCUT2D eigenvalue weighted by Crippen LogP contribution is -2.23. The van der Waals surface area contributed by atoms with Crippen molar-refractivity contribution in [2.45, 2.75) is 19.6 Å². The minimum Gasteiger partial charge on any atom is -0.429 e. The number of ether oxygens (including phenoxy) is 1. The van der Waals surface area contributed by atoms with Gasteiger partial charge in [0.2, 0.25) is 0 Å². The average Bonchev–Trinajstić information content (AvgIpc) is 2.78. The van der Waals surface area contributed by atoms with Crippen molar-refractivity contribution in [1.29, 1.82) is 0 Å². The molecule has 1 heterocycles. The maximum Gasteiger partial charge on any atom is 0.290 e. The molecule has 18 heavy (non-hydrogen) atoms. The summed E-state index contributed by atoms with van der Waals surface area (Å²) >= 11 is 0. The van der Waals surface area contributed by atoms with E-state index in [1.54, 1.807) is 13.0 Å². The molecule has 0 spiro atoms. The van der Waals surface area contributed by atoms with Crippen LogP contribution in [0.2, 0.25) is 0 Å². The zero-order valence-electron chi connectivity index (χ0n) is 10.3. The van der Waals surface area contributed by atoms with Crippen LogP contribution in [0.25, 0.3) is 0 Å². The molecule has 0 bridgehead atoms. The predicted molar refractivity (Wildman–Crippen MR) is 68.6 cm³/mol. The normalized spacial score (nSPS) is 12.3. The number of furan rings is 1. The van der Waals surface area contributed by atoms with Gasteiger partial charge in [0.1, 0.15) is 11.5 Å². The maximum atomic E-state index is 9.11. The van der Waals surface area contributed by atoms with Crippen LogP contribution in [0.4, 0.5) is 0 Å². The molecule has 0 radical (unpaired) electrons. The first-order valence-corrected chi connectivity index (χ1v) is 5.94. The molecule has 1 atom stereocenters. The van der Waals surface area contributed by atoms with Crippen molar-refractivity contribution in [2.75, 3.05) is 6.54 Å². The van der Waals surface area contributed by atoms with E-state index >= 15 is 0 Å². The summed E-state index contributed by atoms with van der Waals surface area (Å²) in [6, 6.07) is 13.1. The topological polar surface area (TPSA) is 54.6 Å². The van der Waals surface area contributed by atoms with Crippen LogP contribution >= 0.6 is 0 Å². The average molecular weight is 247 g/mol. The first-order valence-electron chi connectivity index (χ1n) is 5.94. The third kappa shape index (κ3) is 3.91. The van der Waals surface area contributed by atoms with Gasteiger partial charge in [0.05, 0.1) is 12.6 Å². The standard InChI is InChI=1S/C14H17NO3/c1-11(16)9-15-10-13-7-8-14(18-13)17-12-5-3-2-4-6-12/h2-8,11,15-16H,9-10H2,1H3/t11-/m0/s1. The number of aliphatic hydroxyl groups excluding tert-OH is 1. The van der Waals surface area contributed by atoms with Gasteiger partial charge in [-0.15, -0.1) is 0 Å². The Morgan fingerprint density at radius 3 is 2.72 bits per heavy atom. The summed E-state index contributed by atoms with van der Waals surface area (Å²) in [7, 11) is 0. The Kier molecular flexibility index (Phi) is 4.39. The molecule has 2 aromatic rings. The summed E-state index contributed by atoms with van der Waals surface area (Å²) in [5, 5.41) is 12.2. The Hall–Kier alpha value is -1.78. The number of aliphatic hydroxyl groups is 1. The van der Waals surface area contributed by atoms with Gasteiger partial charge in [0.25, 0.3) is 5.95 Å². The molecule has 0 saturated carbocycles. The van der Waals surface area contributed by atoms with Crippen molar-refractivity contribution in [2.24, 2.45) is 0 Å². The number of benzene rings is 1. The van der Waals surface area contributed by atoms with Gasteiger partial charge in [-0.25, -0.2) is 0 Å². The van der Waals surface area contributed by atoms with Gasteiger partial charge in [-0.2, -0.15) is 0 Å². The second-order valence-corrected chi connectivity index (χ2v) is 4.12. The summed E-state index contributed by atoms with van der Waals surface area (Å²) < 4.78 is 11.0. The maximum absolute atomic E-state index is 9.11. The molecule has 4 nitrogen and oxygen atoms in total. The van der Waals surface area contributed by atoms with Crippen molar-refractivity contribution < 1.29 is 14.3 Å². The van der Waals surface area contributed by atoms with Gasteiger partial charge < -0.3 is 19.6 Å². The highest BCUT2D eigenvalue weighted by Gasteiger charge is 2.04. The molecule has 0 unspecified atom stereocenters. The fourth-order valence-electron chi connectivity index (χ4n) is 1.52. The van der Waals surface area contributed by atoms with Crippen molar-refractivity contribution >= 4 is 0 Å². The Morgan fingerprint density at radius 1 is 1.22 bits per heavy atom. The van der Waals surface area contributed by atoms with Gasteiger partial charge >= 0.3 is 0 Å². The minimum absolute atomic E-state index is 0.361. The summed E-state index contributed by atoms with van der Waals surface area (Å²) in [6.07, 6.45) is -0.361. The smallest absolute Gasteiger partial charge is 0.290 e. The van der Waals surface area contributed by atoms with E-state index in [1.165, 1.54) is 0 Å². The highest BCUT2D eigenvalue weighted by molar-refractivity contribution is 5.26. The molecular weight excluding hydrogens is 230 g/mol. The van der Waals surface area contributed by atoms with Gasteiger partial charge in [-0.1, -0.05) is 18.2 Å². The number of nitrogens with one attached hydrogen (secondary N) is 1. The minimum atomic E-state index is -0.361. The first kappa shape index (κ1) is 12.7. The van der Waals surface area contributed by atoms with Crippen LogP contribution in [0.1, 0.15) is 12.7 Å². The highest BCUT2D eigenvalue weighted by Crippen LogP contribution is 2.23. The lowest BCUT2D eigenvalue weighted by atomic mass is 10.3. The Bertz CT molecular complexity index is 465. The fourth-order valence-corrected chi connectivity index (χ4v) is 1.52. The molecule has 0 aliphatic carbocycles. The van der Waals surface area contributed by atoms with Crippen LogP contribution in [0.5, 0.6) is 11.7 Å². The Morgan fingerprint density at radius 2 is 2.00 bits per heavy atom. The van der Waals surface area contributed by atoms with E-state index in [2.05, 4.69) is 5.32 Å². The van der Waals surface area contributed by atoms with E-state index in [1.807, 2.05) is 36.4 Å². The van der Waals surface area contributed by atoms with Crippen molar-refractivity contribution in [1.82, 2.24) is 5.32 Å². The van der Waals surface area contributed by atoms with E-state index in [4.69, 9.17) is 14.3 Å². The lowest BCUT2D eigenvalue weighted by molar-refractivity contribution is 0.189. The molecule has 1 aromatic carbocycles. The second-order valence-electron chi connectivity index (χ2n) is 4.12. The zero-order valence-corrected chi connectivity index (χ0v) is 10.3. The largest absolute Gasteiger partial charge is 0.429 e. The van der Waals surface area contributed by atoms with Crippen LogP contribution in [0, 0.1) is 0 Å². The zero-order chi connectivity index (χ0) is 12.8. The molecule has 0 amide bonds. The van der Waals surface area contributed by atoms with Gasteiger partial charge in [-0.3, -0.25) is 0 Å². The molecular formula is C14H17NO3. The van der Waals surface area contributed by atoms with Crippen LogP contribution in [0.15, 0.2) is 46.9 Å². The van der Waals surface area contributed by atoms with Crippen molar-refractivity contribution in [3.63, 3.8) is 0 Å². The first-order chi connectivity index (χ1) is 8.74. The molecule has 4 heteroatoms. The SMILES string of the molecule is C[C@H](O)CNCc1ccc(Oc2ccccc2)o1. The second kappa shape index (κ2) is 6.23. The third-order valence-electron chi connectivity index (χ3n) is 2.34. The van der Waals surface area contributed by atoms with Crippen molar-refractivity contribution in [3.8, 4) is 11.7 Å². The van der Waals surface area contributed by atoms with Crippen LogP contribution in [-0.2, 0) is 6.54 Å². The van der Waals surface area contributed by atoms with Gasteiger partial charge in [0.15, 0.2) is 0 Å². The summed E-state index contributed by atoms with van der Waals surface area (Å²) in [5.74, 6) is 1.99. The van der Waals surface area contributed by atoms with E-state index in [-0.39, 0.29) is 6.10 Å². The molecule has 2 rings (SSSR count). The molecule has 0 aliphatic heterocycles. The number of para-hydroxylation sites is 1. The highest BCUT2D eigenvalue weighted by atomic mass is 16.6. The van der Waals surface area contributed by atoms with E-state index < -0.39 is 0 Å². The molecule has 0 aliphatic rings. The molecule has 96 valence electrons. The van der Waals surface area contributed by atoms with Crippen LogP contribution in [-0.4, -0.2) is 17.8 Å². The van der Waals surface area contributed by atoms with E-state index in [9.17, 15) is 0 Å². The Balaban J connectivity index is 1.86. The molecule has 1 aromatic heterocycles. The van der Waals surface area contributed by atoms with Gasteiger partial charge in [0, 0.05) is 12.6 Å². The summed E-state index contributed by atoms with van der Waals surface area (Å²) in [5.41, 5.74) is 0. The summed E-state index contributed by atoms with van der Waals surface area (Å²) in [6.45, 7) is 2.84. The third-order valence-corrected chi connectivity index (χ3v) is 2.34. The molecule has 2 N–H and O–H groups in total. The number of hydrogen-bond donors (Lipinski definition) is 2. The fraction of sp³-hybridized carbons (Fsp3) is 0.286. The lowest BCUT2D eigenvalue weighted by Gasteiger charge is -2.04. The number of rotatable bonds is 6. The quantitative estimate of drug-likeness (QED) is 0.823. The Labute approximate surface area is 106 Å².